The van der Waals surface area contributed by atoms with Crippen LogP contribution in [0.4, 0.5) is 0 Å². The fraction of sp³-hybridized carbons (Fsp3) is 0.556. The van der Waals surface area contributed by atoms with Crippen molar-refractivity contribution in [3.8, 4) is 0 Å². The first-order valence-electron chi connectivity index (χ1n) is 12.4. The third-order valence-electron chi connectivity index (χ3n) is 8.04. The van der Waals surface area contributed by atoms with E-state index in [4.69, 9.17) is 32.9 Å². The average Bonchev–Trinajstić information content (AvgIpc) is 2.81. The number of likely N-dealkylation sites (tertiary alicyclic amines) is 1. The highest BCUT2D eigenvalue weighted by Crippen LogP contribution is 2.47. The van der Waals surface area contributed by atoms with E-state index in [1.165, 1.54) is 5.56 Å². The lowest BCUT2D eigenvalue weighted by atomic mass is 9.63. The van der Waals surface area contributed by atoms with E-state index in [0.717, 1.165) is 76.6 Å². The molecule has 1 aliphatic carbocycles. The largest absolute Gasteiger partial charge is 0.379 e. The number of ketones is 1. The van der Waals surface area contributed by atoms with Crippen molar-refractivity contribution < 1.29 is 9.53 Å². The van der Waals surface area contributed by atoms with Gasteiger partial charge in [-0.25, -0.2) is 0 Å². The topological polar surface area (TPSA) is 45.7 Å². The normalized spacial score (nSPS) is 27.0. The Balaban J connectivity index is 1.35. The Bertz CT molecular complexity index is 1040. The minimum absolute atomic E-state index is 0.123. The molecule has 1 unspecified atom stereocenters. The zero-order valence-electron chi connectivity index (χ0n) is 19.8. The van der Waals surface area contributed by atoms with Crippen molar-refractivity contribution in [2.75, 3.05) is 45.9 Å². The molecule has 1 aromatic heterocycles. The van der Waals surface area contributed by atoms with Crippen molar-refractivity contribution in [3.63, 3.8) is 0 Å². The molecule has 5 nitrogen and oxygen atoms in total. The lowest BCUT2D eigenvalue weighted by molar-refractivity contribution is -0.123. The molecular weight excluding hydrogens is 469 g/mol. The van der Waals surface area contributed by atoms with Crippen molar-refractivity contribution in [2.24, 2.45) is 0 Å². The van der Waals surface area contributed by atoms with Gasteiger partial charge in [-0.1, -0.05) is 35.3 Å². The molecule has 0 N–H and O–H groups in total. The van der Waals surface area contributed by atoms with Gasteiger partial charge in [-0.2, -0.15) is 0 Å². The van der Waals surface area contributed by atoms with E-state index in [0.29, 0.717) is 28.3 Å². The highest BCUT2D eigenvalue weighted by molar-refractivity contribution is 6.42. The molecule has 3 heterocycles. The summed E-state index contributed by atoms with van der Waals surface area (Å²) in [4.78, 5) is 22.9. The third kappa shape index (κ3) is 5.05. The van der Waals surface area contributed by atoms with Crippen LogP contribution in [0.2, 0.25) is 10.0 Å². The van der Waals surface area contributed by atoms with Crippen LogP contribution in [0.15, 0.2) is 36.4 Å². The summed E-state index contributed by atoms with van der Waals surface area (Å²) in [6.07, 6.45) is 3.17. The summed E-state index contributed by atoms with van der Waals surface area (Å²) in [7, 11) is 0. The maximum Gasteiger partial charge on any atom is 0.141 e. The molecule has 1 saturated carbocycles. The monoisotopic (exact) mass is 501 g/mol. The summed E-state index contributed by atoms with van der Waals surface area (Å²) in [6.45, 7) is 9.00. The summed E-state index contributed by atoms with van der Waals surface area (Å²) < 4.78 is 5.51. The number of carbonyl (C=O) groups is 1. The number of carbonyl (C=O) groups excluding carboxylic acids is 1. The molecule has 0 amide bonds. The number of benzene rings is 1. The van der Waals surface area contributed by atoms with Gasteiger partial charge in [0.25, 0.3) is 0 Å². The molecule has 0 bridgehead atoms. The van der Waals surface area contributed by atoms with Crippen LogP contribution in [0.25, 0.3) is 0 Å². The van der Waals surface area contributed by atoms with Gasteiger partial charge >= 0.3 is 0 Å². The number of halogens is 2. The summed E-state index contributed by atoms with van der Waals surface area (Å²) >= 11 is 12.7. The predicted molar refractivity (Wildman–Crippen MR) is 136 cm³/mol. The molecule has 2 aromatic rings. The first kappa shape index (κ1) is 24.2. The second kappa shape index (κ2) is 10.2. The summed E-state index contributed by atoms with van der Waals surface area (Å²) in [5.41, 5.74) is 2.91. The second-order valence-corrected chi connectivity index (χ2v) is 11.0. The Morgan fingerprint density at radius 2 is 1.91 bits per heavy atom. The van der Waals surface area contributed by atoms with Gasteiger partial charge in [-0.3, -0.25) is 14.7 Å². The van der Waals surface area contributed by atoms with E-state index in [1.807, 2.05) is 37.3 Å². The van der Waals surface area contributed by atoms with Crippen molar-refractivity contribution in [2.45, 2.75) is 50.0 Å². The lowest BCUT2D eigenvalue weighted by Crippen LogP contribution is -2.61. The molecular formula is C27H33Cl2N3O2. The first-order valence-corrected chi connectivity index (χ1v) is 13.2. The molecule has 1 aromatic carbocycles. The number of aromatic nitrogens is 1. The number of morpholine rings is 1. The highest BCUT2D eigenvalue weighted by atomic mass is 35.5. The molecule has 7 heteroatoms. The Morgan fingerprint density at radius 1 is 1.12 bits per heavy atom. The van der Waals surface area contributed by atoms with Gasteiger partial charge in [0.05, 0.1) is 34.9 Å². The van der Waals surface area contributed by atoms with Crippen LogP contribution in [0.5, 0.6) is 0 Å². The quantitative estimate of drug-likeness (QED) is 0.564. The summed E-state index contributed by atoms with van der Waals surface area (Å²) in [5, 5.41) is 1.15. The number of ether oxygens (including phenoxy) is 1. The van der Waals surface area contributed by atoms with E-state index in [9.17, 15) is 4.79 Å². The number of rotatable bonds is 6. The number of nitrogens with zero attached hydrogens (tertiary/aromatic N) is 3. The number of aryl methyl sites for hydroxylation is 1. The van der Waals surface area contributed by atoms with E-state index < -0.39 is 0 Å². The van der Waals surface area contributed by atoms with Crippen molar-refractivity contribution in [1.29, 1.82) is 0 Å². The molecule has 2 saturated heterocycles. The van der Waals surface area contributed by atoms with E-state index >= 15 is 0 Å². The SMILES string of the molecule is Cc1cccc(C2C[C@@](CCN3CC(N4CCOCC4)C3)(c3ccc(Cl)c(Cl)c3)CCC2=O)n1. The number of hydrogen-bond acceptors (Lipinski definition) is 5. The second-order valence-electron chi connectivity index (χ2n) is 10.1. The molecule has 3 aliphatic rings. The van der Waals surface area contributed by atoms with Crippen LogP contribution in [0.1, 0.15) is 48.6 Å². The van der Waals surface area contributed by atoms with Crippen molar-refractivity contribution in [3.05, 3.63) is 63.4 Å². The Labute approximate surface area is 212 Å². The molecule has 3 fully saturated rings. The number of Topliss-reactive ketones (excluding diaryl/α,β-unsaturated/α-hetero) is 1. The van der Waals surface area contributed by atoms with Crippen LogP contribution in [-0.2, 0) is 14.9 Å². The molecule has 2 aliphatic heterocycles. The third-order valence-corrected chi connectivity index (χ3v) is 8.78. The summed E-state index contributed by atoms with van der Waals surface area (Å²) in [5.74, 6) is 0.116. The molecule has 34 heavy (non-hydrogen) atoms. The van der Waals surface area contributed by atoms with E-state index in [2.05, 4.69) is 15.9 Å². The standard InChI is InChI=1S/C27H33Cl2N3O2/c1-19-3-2-4-25(30-19)22-16-27(8-7-26(22)33,20-5-6-23(28)24(29)15-20)9-10-31-17-21(18-31)32-11-13-34-14-12-32/h2-6,15,21-22H,7-14,16-18H2,1H3/t22?,27-/m1/s1. The van der Waals surface area contributed by atoms with Gasteiger partial charge in [0.1, 0.15) is 5.78 Å². The van der Waals surface area contributed by atoms with E-state index in [-0.39, 0.29) is 11.3 Å². The zero-order chi connectivity index (χ0) is 23.7. The fourth-order valence-electron chi connectivity index (χ4n) is 5.90. The Kier molecular flexibility index (Phi) is 7.29. The minimum Gasteiger partial charge on any atom is -0.379 e. The van der Waals surface area contributed by atoms with Crippen molar-refractivity contribution >= 4 is 29.0 Å². The first-order chi connectivity index (χ1) is 16.4. The minimum atomic E-state index is -0.180. The van der Waals surface area contributed by atoms with Gasteiger partial charge in [-0.05, 0) is 68.0 Å². The Hall–Kier alpha value is -1.50. The molecule has 0 spiro atoms. The van der Waals surface area contributed by atoms with Crippen LogP contribution in [-0.4, -0.2) is 72.5 Å². The molecule has 0 radical (unpaired) electrons. The number of hydrogen-bond donors (Lipinski definition) is 0. The maximum atomic E-state index is 13.1. The molecule has 182 valence electrons. The predicted octanol–water partition coefficient (Wildman–Crippen LogP) is 4.88. The van der Waals surface area contributed by atoms with E-state index in [1.54, 1.807) is 0 Å². The Morgan fingerprint density at radius 3 is 2.65 bits per heavy atom. The lowest BCUT2D eigenvalue weighted by Gasteiger charge is -2.48. The van der Waals surface area contributed by atoms with Crippen LogP contribution in [0.3, 0.4) is 0 Å². The number of pyridine rings is 1. The van der Waals surface area contributed by atoms with Gasteiger partial charge in [0, 0.05) is 44.3 Å². The summed E-state index contributed by atoms with van der Waals surface area (Å²) in [6, 6.07) is 12.7. The van der Waals surface area contributed by atoms with Gasteiger partial charge in [-0.15, -0.1) is 0 Å². The van der Waals surface area contributed by atoms with Gasteiger partial charge in [0.15, 0.2) is 0 Å². The molecule has 5 rings (SSSR count). The van der Waals surface area contributed by atoms with Gasteiger partial charge < -0.3 is 9.64 Å². The smallest absolute Gasteiger partial charge is 0.141 e. The fourth-order valence-corrected chi connectivity index (χ4v) is 6.20. The zero-order valence-corrected chi connectivity index (χ0v) is 21.3. The average molecular weight is 502 g/mol. The van der Waals surface area contributed by atoms with Gasteiger partial charge in [0.2, 0.25) is 0 Å². The maximum absolute atomic E-state index is 13.1. The van der Waals surface area contributed by atoms with Crippen LogP contribution >= 0.6 is 23.2 Å². The highest BCUT2D eigenvalue weighted by Gasteiger charge is 2.43. The van der Waals surface area contributed by atoms with Crippen LogP contribution < -0.4 is 0 Å². The molecule has 2 atom stereocenters. The van der Waals surface area contributed by atoms with Crippen molar-refractivity contribution in [1.82, 2.24) is 14.8 Å². The van der Waals surface area contributed by atoms with Crippen LogP contribution in [0, 0.1) is 6.92 Å².